The van der Waals surface area contributed by atoms with Crippen LogP contribution in [0.25, 0.3) is 0 Å². The fraction of sp³-hybridized carbons (Fsp3) is 0.500. The first-order chi connectivity index (χ1) is 7.50. The van der Waals surface area contributed by atoms with E-state index in [1.165, 1.54) is 25.2 Å². The van der Waals surface area contributed by atoms with Gasteiger partial charge in [0.05, 0.1) is 6.54 Å². The summed E-state index contributed by atoms with van der Waals surface area (Å²) in [7, 11) is 1.53. The van der Waals surface area contributed by atoms with Crippen molar-refractivity contribution in [2.75, 3.05) is 7.05 Å². The summed E-state index contributed by atoms with van der Waals surface area (Å²) in [5.74, 6) is -0.554. The fourth-order valence-corrected chi connectivity index (χ4v) is 0.961. The Kier molecular flexibility index (Phi) is 3.81. The summed E-state index contributed by atoms with van der Waals surface area (Å²) in [5, 5.41) is 17.2. The smallest absolute Gasteiger partial charge is 0.325 e. The van der Waals surface area contributed by atoms with Gasteiger partial charge in [-0.1, -0.05) is 0 Å². The van der Waals surface area contributed by atoms with Crippen molar-refractivity contribution in [2.45, 2.75) is 19.5 Å². The second kappa shape index (κ2) is 5.10. The van der Waals surface area contributed by atoms with E-state index in [0.29, 0.717) is 5.82 Å². The molecule has 1 atom stereocenters. The van der Waals surface area contributed by atoms with Gasteiger partial charge in [0.15, 0.2) is 0 Å². The average molecular weight is 227 g/mol. The van der Waals surface area contributed by atoms with E-state index in [-0.39, 0.29) is 6.54 Å². The monoisotopic (exact) mass is 227 g/mol. The van der Waals surface area contributed by atoms with Crippen LogP contribution in [0.3, 0.4) is 0 Å². The lowest BCUT2D eigenvalue weighted by Gasteiger charge is -2.18. The Hall–Kier alpha value is -2.12. The molecule has 0 saturated carbocycles. The number of nitrogens with zero attached hydrogens (tertiary/aromatic N) is 3. The lowest BCUT2D eigenvalue weighted by Crippen LogP contribution is -2.44. The van der Waals surface area contributed by atoms with Crippen molar-refractivity contribution in [3.05, 3.63) is 12.2 Å². The maximum Gasteiger partial charge on any atom is 0.325 e. The third-order valence-electron chi connectivity index (χ3n) is 1.91. The molecule has 0 radical (unpaired) electrons. The molecule has 1 heterocycles. The van der Waals surface area contributed by atoms with Gasteiger partial charge in [0, 0.05) is 7.05 Å². The van der Waals surface area contributed by atoms with Crippen molar-refractivity contribution in [3.63, 3.8) is 0 Å². The van der Waals surface area contributed by atoms with E-state index in [1.54, 1.807) is 0 Å². The number of hydrogen-bond acceptors (Lipinski definition) is 4. The minimum absolute atomic E-state index is 0.234. The van der Waals surface area contributed by atoms with Gasteiger partial charge in [0.2, 0.25) is 0 Å². The van der Waals surface area contributed by atoms with Gasteiger partial charge in [-0.05, 0) is 6.92 Å². The van der Waals surface area contributed by atoms with Crippen molar-refractivity contribution >= 4 is 12.0 Å². The van der Waals surface area contributed by atoms with E-state index in [0.717, 1.165) is 0 Å². The van der Waals surface area contributed by atoms with Crippen LogP contribution in [0.4, 0.5) is 4.79 Å². The molecule has 3 N–H and O–H groups in total. The van der Waals surface area contributed by atoms with Crippen LogP contribution in [0.1, 0.15) is 12.7 Å². The number of H-pyrrole nitrogens is 1. The van der Waals surface area contributed by atoms with E-state index >= 15 is 0 Å². The normalized spacial score (nSPS) is 11.9. The summed E-state index contributed by atoms with van der Waals surface area (Å²) in [5.41, 5.74) is 0. The van der Waals surface area contributed by atoms with Crippen molar-refractivity contribution in [2.24, 2.45) is 0 Å². The molecular weight excluding hydrogens is 214 g/mol. The SMILES string of the molecule is C[C@H](NC(=O)N(C)Cc1ncn[nH]1)C(=O)O. The second-order valence-corrected chi connectivity index (χ2v) is 3.30. The Morgan fingerprint density at radius 3 is 2.88 bits per heavy atom. The first-order valence-electron chi connectivity index (χ1n) is 4.59. The van der Waals surface area contributed by atoms with E-state index in [1.807, 2.05) is 0 Å². The topological polar surface area (TPSA) is 111 Å². The van der Waals surface area contributed by atoms with Crippen LogP contribution >= 0.6 is 0 Å². The van der Waals surface area contributed by atoms with Gasteiger partial charge in [-0.3, -0.25) is 9.89 Å². The predicted octanol–water partition coefficient (Wildman–Crippen LogP) is -0.581. The molecule has 8 nitrogen and oxygen atoms in total. The number of carboxylic acid groups (broad SMARTS) is 1. The molecule has 2 amide bonds. The van der Waals surface area contributed by atoms with Crippen molar-refractivity contribution in [1.29, 1.82) is 0 Å². The number of rotatable bonds is 4. The molecule has 0 aliphatic rings. The van der Waals surface area contributed by atoms with Crippen LogP contribution in [-0.4, -0.2) is 50.3 Å². The zero-order valence-electron chi connectivity index (χ0n) is 8.97. The number of carbonyl (C=O) groups excluding carboxylic acids is 1. The molecule has 0 spiro atoms. The first kappa shape index (κ1) is 12.0. The maximum absolute atomic E-state index is 11.5. The molecule has 1 aromatic rings. The van der Waals surface area contributed by atoms with Crippen LogP contribution in [0, 0.1) is 0 Å². The van der Waals surface area contributed by atoms with Gasteiger partial charge < -0.3 is 15.3 Å². The third-order valence-corrected chi connectivity index (χ3v) is 1.91. The second-order valence-electron chi connectivity index (χ2n) is 3.30. The van der Waals surface area contributed by atoms with E-state index in [2.05, 4.69) is 20.5 Å². The van der Waals surface area contributed by atoms with Gasteiger partial charge in [-0.2, -0.15) is 5.10 Å². The lowest BCUT2D eigenvalue weighted by molar-refractivity contribution is -0.138. The zero-order valence-corrected chi connectivity index (χ0v) is 8.97. The number of aliphatic carboxylic acids is 1. The molecule has 88 valence electrons. The summed E-state index contributed by atoms with van der Waals surface area (Å²) < 4.78 is 0. The summed E-state index contributed by atoms with van der Waals surface area (Å²) >= 11 is 0. The molecule has 1 rings (SSSR count). The predicted molar refractivity (Wildman–Crippen MR) is 53.5 cm³/mol. The summed E-state index contributed by atoms with van der Waals surface area (Å²) in [6.07, 6.45) is 1.33. The molecule has 0 saturated heterocycles. The molecule has 0 bridgehead atoms. The number of carbonyl (C=O) groups is 2. The Balaban J connectivity index is 2.45. The summed E-state index contributed by atoms with van der Waals surface area (Å²) in [6, 6.07) is -1.41. The number of hydrogen-bond donors (Lipinski definition) is 3. The fourth-order valence-electron chi connectivity index (χ4n) is 0.961. The molecule has 0 aliphatic carbocycles. The highest BCUT2D eigenvalue weighted by Gasteiger charge is 2.17. The molecule has 8 heteroatoms. The van der Waals surface area contributed by atoms with Gasteiger partial charge in [-0.25, -0.2) is 9.78 Å². The summed E-state index contributed by atoms with van der Waals surface area (Å²) in [6.45, 7) is 1.63. The van der Waals surface area contributed by atoms with Crippen molar-refractivity contribution in [3.8, 4) is 0 Å². The lowest BCUT2D eigenvalue weighted by atomic mass is 10.3. The van der Waals surface area contributed by atoms with Gasteiger partial charge >= 0.3 is 12.0 Å². The van der Waals surface area contributed by atoms with Crippen LogP contribution < -0.4 is 5.32 Å². The number of urea groups is 1. The Labute approximate surface area is 91.7 Å². The van der Waals surface area contributed by atoms with Crippen LogP contribution in [-0.2, 0) is 11.3 Å². The van der Waals surface area contributed by atoms with Crippen LogP contribution in [0.15, 0.2) is 6.33 Å². The third kappa shape index (κ3) is 3.23. The zero-order chi connectivity index (χ0) is 12.1. The number of aromatic nitrogens is 3. The highest BCUT2D eigenvalue weighted by Crippen LogP contribution is 1.95. The number of aromatic amines is 1. The molecule has 16 heavy (non-hydrogen) atoms. The largest absolute Gasteiger partial charge is 0.480 e. The number of amides is 2. The highest BCUT2D eigenvalue weighted by molar-refractivity contribution is 5.81. The quantitative estimate of drug-likeness (QED) is 0.637. The van der Waals surface area contributed by atoms with Crippen molar-refractivity contribution in [1.82, 2.24) is 25.4 Å². The summed E-state index contributed by atoms with van der Waals surface area (Å²) in [4.78, 5) is 27.1. The minimum Gasteiger partial charge on any atom is -0.480 e. The number of carboxylic acids is 1. The van der Waals surface area contributed by atoms with Crippen LogP contribution in [0.2, 0.25) is 0 Å². The number of nitrogens with one attached hydrogen (secondary N) is 2. The average Bonchev–Trinajstić information content (AvgIpc) is 2.69. The highest BCUT2D eigenvalue weighted by atomic mass is 16.4. The van der Waals surface area contributed by atoms with Gasteiger partial charge in [0.25, 0.3) is 0 Å². The maximum atomic E-state index is 11.5. The van der Waals surface area contributed by atoms with E-state index in [9.17, 15) is 9.59 Å². The van der Waals surface area contributed by atoms with Crippen LogP contribution in [0.5, 0.6) is 0 Å². The van der Waals surface area contributed by atoms with Crippen molar-refractivity contribution < 1.29 is 14.7 Å². The Bertz CT molecular complexity index is 364. The molecule has 0 aliphatic heterocycles. The molecule has 0 aromatic carbocycles. The molecule has 0 fully saturated rings. The Morgan fingerprint density at radius 1 is 1.69 bits per heavy atom. The standard InChI is InChI=1S/C8H13N5O3/c1-5(7(14)15)11-8(16)13(2)3-6-9-4-10-12-6/h4-5H,3H2,1-2H3,(H,11,16)(H,14,15)(H,9,10,12)/t5-/m0/s1. The van der Waals surface area contributed by atoms with Gasteiger partial charge in [0.1, 0.15) is 18.2 Å². The Morgan fingerprint density at radius 2 is 2.38 bits per heavy atom. The van der Waals surface area contributed by atoms with E-state index < -0.39 is 18.0 Å². The van der Waals surface area contributed by atoms with E-state index in [4.69, 9.17) is 5.11 Å². The van der Waals surface area contributed by atoms with Gasteiger partial charge in [-0.15, -0.1) is 0 Å². The minimum atomic E-state index is -1.08. The molecule has 1 aromatic heterocycles. The first-order valence-corrected chi connectivity index (χ1v) is 4.59. The molecular formula is C8H13N5O3. The molecule has 0 unspecified atom stereocenters.